The van der Waals surface area contributed by atoms with E-state index in [1.165, 1.54) is 44.8 Å². The predicted molar refractivity (Wildman–Crippen MR) is 155 cm³/mol. The fourth-order valence-electron chi connectivity index (χ4n) is 7.01. The molecule has 1 aliphatic carbocycles. The van der Waals surface area contributed by atoms with Gasteiger partial charge >= 0.3 is 0 Å². The minimum atomic E-state index is -3.58. The molecule has 2 N–H and O–H groups in total. The first-order valence-electron chi connectivity index (χ1n) is 15.2. The Morgan fingerprint density at radius 3 is 2.54 bits per heavy atom. The van der Waals surface area contributed by atoms with Gasteiger partial charge < -0.3 is 14.5 Å². The van der Waals surface area contributed by atoms with Crippen LogP contribution in [-0.2, 0) is 32.4 Å². The third kappa shape index (κ3) is 7.97. The molecule has 0 spiro atoms. The number of carbonyl (C=O) groups is 2. The summed E-state index contributed by atoms with van der Waals surface area (Å²) in [5, 5.41) is 3.01. The van der Waals surface area contributed by atoms with Crippen LogP contribution < -0.4 is 10.0 Å². The molecule has 0 radical (unpaired) electrons. The molecule has 10 heteroatoms. The van der Waals surface area contributed by atoms with E-state index in [0.29, 0.717) is 24.6 Å². The van der Waals surface area contributed by atoms with E-state index in [1.807, 2.05) is 22.9 Å². The summed E-state index contributed by atoms with van der Waals surface area (Å²) in [5.41, 5.74) is 2.42. The molecule has 3 fully saturated rings. The first kappa shape index (κ1) is 29.8. The van der Waals surface area contributed by atoms with E-state index in [-0.39, 0.29) is 36.4 Å². The van der Waals surface area contributed by atoms with Crippen LogP contribution >= 0.6 is 0 Å². The van der Waals surface area contributed by atoms with Crippen LogP contribution in [0, 0.1) is 11.8 Å². The van der Waals surface area contributed by atoms with Crippen molar-refractivity contribution in [3.8, 4) is 0 Å². The summed E-state index contributed by atoms with van der Waals surface area (Å²) in [6.07, 6.45) is 15.9. The zero-order valence-corrected chi connectivity index (χ0v) is 24.8. The molecule has 5 rings (SSSR count). The number of sulfonamides is 1. The molecule has 1 saturated carbocycles. The summed E-state index contributed by atoms with van der Waals surface area (Å²) in [4.78, 5) is 29.5. The lowest BCUT2D eigenvalue weighted by Crippen LogP contribution is -2.30. The van der Waals surface area contributed by atoms with Gasteiger partial charge in [0.15, 0.2) is 5.69 Å². The third-order valence-electron chi connectivity index (χ3n) is 9.01. The molecule has 224 valence electrons. The Balaban J connectivity index is 1.17. The van der Waals surface area contributed by atoms with Crippen LogP contribution in [0.5, 0.6) is 0 Å². The second-order valence-corrected chi connectivity index (χ2v) is 13.8. The molecular weight excluding hydrogens is 542 g/mol. The van der Waals surface area contributed by atoms with E-state index in [1.54, 1.807) is 0 Å². The number of fused-ring (bicyclic) bond motifs is 2. The van der Waals surface area contributed by atoms with Crippen LogP contribution in [0.1, 0.15) is 104 Å². The SMILES string of the molecule is CS(=O)(=O)NC(=O)CCc1ccccc1C[C@@H]1[C@H](c2nc(C(=O)NCCCCC3CCCCC3)co2)[C@H]2CC[C@@H]1O2. The Labute approximate surface area is 243 Å². The van der Waals surface area contributed by atoms with E-state index in [0.717, 1.165) is 55.4 Å². The van der Waals surface area contributed by atoms with Crippen molar-refractivity contribution in [3.05, 3.63) is 53.2 Å². The summed E-state index contributed by atoms with van der Waals surface area (Å²) in [6, 6.07) is 7.93. The topological polar surface area (TPSA) is 128 Å². The summed E-state index contributed by atoms with van der Waals surface area (Å²) >= 11 is 0. The van der Waals surface area contributed by atoms with Crippen molar-refractivity contribution < 1.29 is 27.2 Å². The number of aromatic nitrogens is 1. The molecule has 2 bridgehead atoms. The summed E-state index contributed by atoms with van der Waals surface area (Å²) in [6.45, 7) is 0.645. The molecule has 2 aliphatic heterocycles. The molecule has 41 heavy (non-hydrogen) atoms. The molecule has 3 aliphatic rings. The highest BCUT2D eigenvalue weighted by Gasteiger charge is 2.51. The van der Waals surface area contributed by atoms with E-state index in [2.05, 4.69) is 16.4 Å². The van der Waals surface area contributed by atoms with Crippen LogP contribution in [0.25, 0.3) is 0 Å². The fourth-order valence-corrected chi connectivity index (χ4v) is 7.52. The quantitative estimate of drug-likeness (QED) is 0.327. The van der Waals surface area contributed by atoms with Crippen molar-refractivity contribution >= 4 is 21.8 Å². The zero-order chi connectivity index (χ0) is 28.8. The minimum Gasteiger partial charge on any atom is -0.448 e. The maximum absolute atomic E-state index is 12.8. The number of oxazole rings is 1. The Kier molecular flexibility index (Phi) is 9.80. The number of benzene rings is 1. The fraction of sp³-hybridized carbons (Fsp3) is 0.645. The van der Waals surface area contributed by atoms with Gasteiger partial charge in [-0.2, -0.15) is 0 Å². The molecule has 1 aromatic heterocycles. The summed E-state index contributed by atoms with van der Waals surface area (Å²) < 4.78 is 37.0. The Morgan fingerprint density at radius 2 is 1.76 bits per heavy atom. The van der Waals surface area contributed by atoms with Crippen molar-refractivity contribution in [2.45, 2.75) is 102 Å². The highest BCUT2D eigenvalue weighted by atomic mass is 32.2. The van der Waals surface area contributed by atoms with E-state index in [4.69, 9.17) is 9.15 Å². The normalized spacial score (nSPS) is 24.4. The molecule has 2 amide bonds. The lowest BCUT2D eigenvalue weighted by atomic mass is 9.75. The highest BCUT2D eigenvalue weighted by molar-refractivity contribution is 7.89. The largest absolute Gasteiger partial charge is 0.448 e. The van der Waals surface area contributed by atoms with E-state index < -0.39 is 15.9 Å². The number of rotatable bonds is 13. The Bertz CT molecular complexity index is 1300. The van der Waals surface area contributed by atoms with Crippen LogP contribution in [0.2, 0.25) is 0 Å². The van der Waals surface area contributed by atoms with E-state index >= 15 is 0 Å². The van der Waals surface area contributed by atoms with Gasteiger partial charge in [0.25, 0.3) is 5.91 Å². The summed E-state index contributed by atoms with van der Waals surface area (Å²) in [5.74, 6) is 0.784. The minimum absolute atomic E-state index is 0.00653. The Morgan fingerprint density at radius 1 is 1.00 bits per heavy atom. The van der Waals surface area contributed by atoms with Gasteiger partial charge in [0.2, 0.25) is 21.8 Å². The molecule has 2 saturated heterocycles. The summed E-state index contributed by atoms with van der Waals surface area (Å²) in [7, 11) is -3.58. The maximum atomic E-state index is 12.8. The second-order valence-electron chi connectivity index (χ2n) is 12.1. The van der Waals surface area contributed by atoms with Crippen LogP contribution in [0.15, 0.2) is 34.9 Å². The lowest BCUT2D eigenvalue weighted by molar-refractivity contribution is -0.119. The molecule has 1 aromatic carbocycles. The van der Waals surface area contributed by atoms with Crippen molar-refractivity contribution in [1.82, 2.24) is 15.0 Å². The molecule has 0 unspecified atom stereocenters. The van der Waals surface area contributed by atoms with Gasteiger partial charge in [-0.15, -0.1) is 0 Å². The van der Waals surface area contributed by atoms with Gasteiger partial charge in [-0.05, 0) is 49.1 Å². The number of nitrogens with one attached hydrogen (secondary N) is 2. The number of unbranched alkanes of at least 4 members (excludes halogenated alkanes) is 1. The van der Waals surface area contributed by atoms with Crippen molar-refractivity contribution in [1.29, 1.82) is 0 Å². The van der Waals surface area contributed by atoms with Crippen molar-refractivity contribution in [2.24, 2.45) is 11.8 Å². The average Bonchev–Trinajstić information content (AvgIpc) is 3.69. The van der Waals surface area contributed by atoms with Crippen LogP contribution in [-0.4, -0.2) is 50.2 Å². The molecular formula is C31H43N3O6S. The number of hydrogen-bond acceptors (Lipinski definition) is 7. The number of nitrogens with zero attached hydrogens (tertiary/aromatic N) is 1. The zero-order valence-electron chi connectivity index (χ0n) is 24.0. The van der Waals surface area contributed by atoms with Crippen molar-refractivity contribution in [2.75, 3.05) is 12.8 Å². The predicted octanol–water partition coefficient (Wildman–Crippen LogP) is 4.67. The number of hydrogen-bond donors (Lipinski definition) is 2. The van der Waals surface area contributed by atoms with Crippen LogP contribution in [0.4, 0.5) is 0 Å². The van der Waals surface area contributed by atoms with Gasteiger partial charge in [0, 0.05) is 18.9 Å². The van der Waals surface area contributed by atoms with Crippen molar-refractivity contribution in [3.63, 3.8) is 0 Å². The first-order chi connectivity index (χ1) is 19.8. The Hall–Kier alpha value is -2.72. The molecule has 3 heterocycles. The molecule has 9 nitrogen and oxygen atoms in total. The first-order valence-corrected chi connectivity index (χ1v) is 17.1. The van der Waals surface area contributed by atoms with Gasteiger partial charge in [-0.25, -0.2) is 13.4 Å². The number of carbonyl (C=O) groups excluding carboxylic acids is 2. The lowest BCUT2D eigenvalue weighted by Gasteiger charge is -2.26. The molecule has 2 aromatic rings. The maximum Gasteiger partial charge on any atom is 0.273 e. The monoisotopic (exact) mass is 585 g/mol. The number of aryl methyl sites for hydroxylation is 1. The smallest absolute Gasteiger partial charge is 0.273 e. The molecule has 4 atom stereocenters. The second kappa shape index (κ2) is 13.5. The van der Waals surface area contributed by atoms with Gasteiger partial charge in [-0.3, -0.25) is 14.3 Å². The van der Waals surface area contributed by atoms with Gasteiger partial charge in [-0.1, -0.05) is 69.2 Å². The van der Waals surface area contributed by atoms with E-state index in [9.17, 15) is 18.0 Å². The van der Waals surface area contributed by atoms with Gasteiger partial charge in [0.05, 0.1) is 24.4 Å². The third-order valence-corrected chi connectivity index (χ3v) is 9.61. The van der Waals surface area contributed by atoms with Crippen LogP contribution in [0.3, 0.4) is 0 Å². The number of amides is 2. The highest BCUT2D eigenvalue weighted by Crippen LogP contribution is 2.50. The van der Waals surface area contributed by atoms with Gasteiger partial charge in [0.1, 0.15) is 6.26 Å². The average molecular weight is 586 g/mol. The number of ether oxygens (including phenoxy) is 1. The standard InChI is InChI=1S/C31H43N3O6S/c1-41(37,38)34-28(35)17-14-22-12-5-6-13-23(22)19-24-26-15-16-27(40-26)29(24)31-33-25(20-39-31)30(36)32-18-8-7-11-21-9-3-2-4-10-21/h5-6,12-13,20-21,24,26-27,29H,2-4,7-11,14-19H2,1H3,(H,32,36)(H,34,35)/t24-,26-,27+,29-/m0/s1.